The van der Waals surface area contributed by atoms with Gasteiger partial charge < -0.3 is 10.5 Å². The van der Waals surface area contributed by atoms with E-state index >= 15 is 0 Å². The average Bonchev–Trinajstić information content (AvgIpc) is 2.92. The molecule has 0 aliphatic carbocycles. The molecule has 0 bridgehead atoms. The molecule has 0 spiro atoms. The molecule has 1 aliphatic rings. The van der Waals surface area contributed by atoms with Crippen LogP contribution in [0, 0.1) is 5.92 Å². The first-order chi connectivity index (χ1) is 9.58. The van der Waals surface area contributed by atoms with E-state index in [2.05, 4.69) is 4.90 Å². The van der Waals surface area contributed by atoms with Crippen molar-refractivity contribution in [2.24, 2.45) is 5.92 Å². The number of ketones is 1. The van der Waals surface area contributed by atoms with Gasteiger partial charge in [-0.05, 0) is 44.1 Å². The second-order valence-electron chi connectivity index (χ2n) is 5.67. The van der Waals surface area contributed by atoms with Crippen LogP contribution in [0.3, 0.4) is 0 Å². The minimum Gasteiger partial charge on any atom is -0.490 e. The van der Waals surface area contributed by atoms with Crippen LogP contribution in [0.2, 0.25) is 0 Å². The van der Waals surface area contributed by atoms with Crippen molar-refractivity contribution in [2.45, 2.75) is 26.7 Å². The van der Waals surface area contributed by atoms with Crippen molar-refractivity contribution in [3.8, 4) is 5.75 Å². The molecule has 2 N–H and O–H groups in total. The maximum atomic E-state index is 11.9. The molecule has 0 saturated carbocycles. The van der Waals surface area contributed by atoms with E-state index < -0.39 is 0 Å². The number of anilines is 1. The molecule has 1 heterocycles. The molecule has 4 nitrogen and oxygen atoms in total. The molecule has 0 atom stereocenters. The van der Waals surface area contributed by atoms with E-state index in [0.717, 1.165) is 6.54 Å². The highest BCUT2D eigenvalue weighted by Gasteiger charge is 2.13. The summed E-state index contributed by atoms with van der Waals surface area (Å²) in [4.78, 5) is 14.3. The van der Waals surface area contributed by atoms with E-state index in [1.165, 1.54) is 25.9 Å². The van der Waals surface area contributed by atoms with Gasteiger partial charge in [-0.2, -0.15) is 0 Å². The molecule has 1 aromatic rings. The first-order valence-corrected chi connectivity index (χ1v) is 7.37. The third-order valence-corrected chi connectivity index (χ3v) is 3.68. The number of rotatable bonds is 6. The van der Waals surface area contributed by atoms with Crippen LogP contribution in [0.5, 0.6) is 5.75 Å². The maximum Gasteiger partial charge on any atom is 0.165 e. The Kier molecular flexibility index (Phi) is 5.01. The lowest BCUT2D eigenvalue weighted by molar-refractivity contribution is 0.0939. The fourth-order valence-electron chi connectivity index (χ4n) is 2.46. The number of likely N-dealkylation sites (tertiary alicyclic amines) is 1. The van der Waals surface area contributed by atoms with Crippen LogP contribution in [-0.4, -0.2) is 36.9 Å². The first kappa shape index (κ1) is 14.9. The first-order valence-electron chi connectivity index (χ1n) is 7.37. The van der Waals surface area contributed by atoms with Crippen molar-refractivity contribution in [3.05, 3.63) is 23.8 Å². The van der Waals surface area contributed by atoms with E-state index in [4.69, 9.17) is 10.5 Å². The summed E-state index contributed by atoms with van der Waals surface area (Å²) < 4.78 is 5.72. The molecule has 20 heavy (non-hydrogen) atoms. The number of nitrogens with zero attached hydrogens (tertiary/aromatic N) is 1. The quantitative estimate of drug-likeness (QED) is 0.641. The predicted molar refractivity (Wildman–Crippen MR) is 81.2 cm³/mol. The van der Waals surface area contributed by atoms with Crippen LogP contribution >= 0.6 is 0 Å². The third kappa shape index (κ3) is 3.73. The van der Waals surface area contributed by atoms with Crippen molar-refractivity contribution in [1.29, 1.82) is 0 Å². The van der Waals surface area contributed by atoms with E-state index in [-0.39, 0.29) is 11.7 Å². The zero-order valence-electron chi connectivity index (χ0n) is 12.4. The topological polar surface area (TPSA) is 55.6 Å². The van der Waals surface area contributed by atoms with Gasteiger partial charge in [0.2, 0.25) is 0 Å². The van der Waals surface area contributed by atoms with Crippen LogP contribution in [0.25, 0.3) is 0 Å². The Balaban J connectivity index is 1.90. The Morgan fingerprint density at radius 1 is 1.35 bits per heavy atom. The van der Waals surface area contributed by atoms with Crippen LogP contribution in [0.4, 0.5) is 5.69 Å². The molecule has 1 aliphatic heterocycles. The molecule has 110 valence electrons. The smallest absolute Gasteiger partial charge is 0.165 e. The summed E-state index contributed by atoms with van der Waals surface area (Å²) in [6.45, 7) is 7.69. The lowest BCUT2D eigenvalue weighted by atomic mass is 10.0. The minimum atomic E-state index is -0.0173. The van der Waals surface area contributed by atoms with Gasteiger partial charge >= 0.3 is 0 Å². The fourth-order valence-corrected chi connectivity index (χ4v) is 2.46. The van der Waals surface area contributed by atoms with Crippen LogP contribution in [0.15, 0.2) is 18.2 Å². The van der Waals surface area contributed by atoms with Crippen molar-refractivity contribution in [1.82, 2.24) is 4.90 Å². The minimum absolute atomic E-state index is 0.0173. The average molecular weight is 276 g/mol. The maximum absolute atomic E-state index is 11.9. The Bertz CT molecular complexity index is 466. The van der Waals surface area contributed by atoms with Gasteiger partial charge in [-0.15, -0.1) is 0 Å². The van der Waals surface area contributed by atoms with Gasteiger partial charge in [0.25, 0.3) is 0 Å². The van der Waals surface area contributed by atoms with Gasteiger partial charge in [-0.3, -0.25) is 9.69 Å². The normalized spacial score (nSPS) is 15.8. The molecular formula is C16H24N2O2. The molecule has 1 aromatic carbocycles. The molecule has 0 aromatic heterocycles. The summed E-state index contributed by atoms with van der Waals surface area (Å²) in [6.07, 6.45) is 2.57. The summed E-state index contributed by atoms with van der Waals surface area (Å²) >= 11 is 0. The highest BCUT2D eigenvalue weighted by Crippen LogP contribution is 2.24. The van der Waals surface area contributed by atoms with E-state index in [0.29, 0.717) is 23.6 Å². The Morgan fingerprint density at radius 3 is 2.65 bits per heavy atom. The number of carbonyl (C=O) groups is 1. The number of hydrogen-bond donors (Lipinski definition) is 1. The third-order valence-electron chi connectivity index (χ3n) is 3.68. The lowest BCUT2D eigenvalue weighted by Gasteiger charge is -2.16. The molecular weight excluding hydrogens is 252 g/mol. The number of benzene rings is 1. The second-order valence-corrected chi connectivity index (χ2v) is 5.67. The van der Waals surface area contributed by atoms with E-state index in [9.17, 15) is 4.79 Å². The summed E-state index contributed by atoms with van der Waals surface area (Å²) in [6, 6.07) is 5.31. The van der Waals surface area contributed by atoms with Crippen molar-refractivity contribution in [2.75, 3.05) is 32.0 Å². The standard InChI is InChI=1S/C16H24N2O2/c1-12(2)16(19)13-5-6-15(14(17)11-13)20-10-9-18-7-3-4-8-18/h5-6,11-12H,3-4,7-10,17H2,1-2H3. The van der Waals surface area contributed by atoms with Gasteiger partial charge in [-0.25, -0.2) is 0 Å². The molecule has 1 saturated heterocycles. The largest absolute Gasteiger partial charge is 0.490 e. The summed E-state index contributed by atoms with van der Waals surface area (Å²) in [7, 11) is 0. The second kappa shape index (κ2) is 6.75. The summed E-state index contributed by atoms with van der Waals surface area (Å²) in [5, 5.41) is 0. The number of nitrogens with two attached hydrogens (primary N) is 1. The molecule has 4 heteroatoms. The Labute approximate surface area is 120 Å². The molecule has 0 unspecified atom stereocenters. The monoisotopic (exact) mass is 276 g/mol. The number of ether oxygens (including phenoxy) is 1. The number of carbonyl (C=O) groups excluding carboxylic acids is 1. The van der Waals surface area contributed by atoms with Crippen LogP contribution in [0.1, 0.15) is 37.0 Å². The number of nitrogen functional groups attached to an aromatic ring is 1. The van der Waals surface area contributed by atoms with Gasteiger partial charge in [0.05, 0.1) is 5.69 Å². The van der Waals surface area contributed by atoms with Gasteiger partial charge in [0.1, 0.15) is 12.4 Å². The zero-order valence-corrected chi connectivity index (χ0v) is 12.4. The zero-order chi connectivity index (χ0) is 14.5. The SMILES string of the molecule is CC(C)C(=O)c1ccc(OCCN2CCCC2)c(N)c1. The van der Waals surface area contributed by atoms with Crippen molar-refractivity contribution < 1.29 is 9.53 Å². The number of Topliss-reactive ketones (excluding diaryl/α,β-unsaturated/α-hetero) is 1. The lowest BCUT2D eigenvalue weighted by Crippen LogP contribution is -2.25. The predicted octanol–water partition coefficient (Wildman–Crippen LogP) is 2.58. The molecule has 0 radical (unpaired) electrons. The van der Waals surface area contributed by atoms with Crippen molar-refractivity contribution in [3.63, 3.8) is 0 Å². The number of hydrogen-bond acceptors (Lipinski definition) is 4. The highest BCUT2D eigenvalue weighted by molar-refractivity contribution is 5.98. The Morgan fingerprint density at radius 2 is 2.05 bits per heavy atom. The van der Waals surface area contributed by atoms with Gasteiger partial charge in [0, 0.05) is 18.0 Å². The molecule has 2 rings (SSSR count). The molecule has 1 fully saturated rings. The van der Waals surface area contributed by atoms with Gasteiger partial charge in [-0.1, -0.05) is 13.8 Å². The Hall–Kier alpha value is -1.55. The van der Waals surface area contributed by atoms with Crippen molar-refractivity contribution >= 4 is 11.5 Å². The van der Waals surface area contributed by atoms with Crippen LogP contribution in [-0.2, 0) is 0 Å². The van der Waals surface area contributed by atoms with E-state index in [1.807, 2.05) is 13.8 Å². The van der Waals surface area contributed by atoms with Crippen LogP contribution < -0.4 is 10.5 Å². The summed E-state index contributed by atoms with van der Waals surface area (Å²) in [5.41, 5.74) is 7.16. The molecule has 0 amide bonds. The van der Waals surface area contributed by atoms with Gasteiger partial charge in [0.15, 0.2) is 5.78 Å². The van der Waals surface area contributed by atoms with E-state index in [1.54, 1.807) is 18.2 Å². The fraction of sp³-hybridized carbons (Fsp3) is 0.562. The summed E-state index contributed by atoms with van der Waals surface area (Å²) in [5.74, 6) is 0.765. The highest BCUT2D eigenvalue weighted by atomic mass is 16.5.